The molecule has 1 rings (SSSR count). The number of aryl methyl sites for hydroxylation is 2. The Labute approximate surface area is 132 Å². The maximum absolute atomic E-state index is 13.7. The number of aliphatic hydroxyl groups is 1. The summed E-state index contributed by atoms with van der Waals surface area (Å²) in [6, 6.07) is 3.02. The first-order valence-corrected chi connectivity index (χ1v) is 7.65. The fraction of sp³-hybridized carbons (Fsp3) is 0.588. The lowest BCUT2D eigenvalue weighted by molar-refractivity contribution is 0.117. The van der Waals surface area contributed by atoms with Crippen LogP contribution in [0, 0.1) is 19.7 Å². The number of nitrogens with zero attached hydrogens (tertiary/aromatic N) is 1. The second-order valence-electron chi connectivity index (χ2n) is 6.23. The summed E-state index contributed by atoms with van der Waals surface area (Å²) >= 11 is 0. The molecule has 0 saturated carbocycles. The average molecular weight is 310 g/mol. The van der Waals surface area contributed by atoms with Crippen molar-refractivity contribution >= 4 is 6.03 Å². The van der Waals surface area contributed by atoms with Crippen molar-refractivity contribution in [2.45, 2.75) is 59.7 Å². The van der Waals surface area contributed by atoms with Gasteiger partial charge in [-0.15, -0.1) is 0 Å². The van der Waals surface area contributed by atoms with Crippen LogP contribution in [-0.2, 0) is 0 Å². The van der Waals surface area contributed by atoms with Crippen molar-refractivity contribution in [1.29, 1.82) is 0 Å². The maximum Gasteiger partial charge on any atom is 0.318 e. The summed E-state index contributed by atoms with van der Waals surface area (Å²) < 4.78 is 13.7. The Bertz CT molecular complexity index is 506. The van der Waals surface area contributed by atoms with Gasteiger partial charge in [0.2, 0.25) is 0 Å². The van der Waals surface area contributed by atoms with Crippen molar-refractivity contribution in [3.05, 3.63) is 34.6 Å². The van der Waals surface area contributed by atoms with E-state index in [9.17, 15) is 14.3 Å². The molecule has 0 spiro atoms. The van der Waals surface area contributed by atoms with Gasteiger partial charge in [-0.1, -0.05) is 12.1 Å². The highest BCUT2D eigenvalue weighted by Gasteiger charge is 2.21. The molecule has 0 aliphatic heterocycles. The number of carbonyl (C=O) groups is 1. The highest BCUT2D eigenvalue weighted by Crippen LogP contribution is 2.20. The van der Waals surface area contributed by atoms with E-state index in [1.807, 2.05) is 20.8 Å². The summed E-state index contributed by atoms with van der Waals surface area (Å²) in [6.07, 6.45) is -0.584. The number of hydrogen-bond acceptors (Lipinski definition) is 2. The third-order valence-corrected chi connectivity index (χ3v) is 3.64. The van der Waals surface area contributed by atoms with Crippen LogP contribution in [0.15, 0.2) is 12.1 Å². The first-order valence-electron chi connectivity index (χ1n) is 7.65. The molecular formula is C17H27FN2O2. The van der Waals surface area contributed by atoms with Gasteiger partial charge in [-0.25, -0.2) is 9.18 Å². The maximum atomic E-state index is 13.7. The van der Waals surface area contributed by atoms with Gasteiger partial charge in [-0.05, 0) is 58.2 Å². The Kier molecular flexibility index (Phi) is 6.35. The largest absolute Gasteiger partial charge is 0.392 e. The molecule has 0 heterocycles. The van der Waals surface area contributed by atoms with E-state index < -0.39 is 6.10 Å². The number of nitrogens with one attached hydrogen (secondary N) is 1. The molecule has 0 bridgehead atoms. The van der Waals surface area contributed by atoms with Crippen LogP contribution >= 0.6 is 0 Å². The number of urea groups is 1. The van der Waals surface area contributed by atoms with E-state index in [0.29, 0.717) is 11.1 Å². The molecule has 124 valence electrons. The number of carbonyl (C=O) groups excluding carboxylic acids is 1. The molecule has 0 radical (unpaired) electrons. The van der Waals surface area contributed by atoms with E-state index in [0.717, 1.165) is 5.56 Å². The quantitative estimate of drug-likeness (QED) is 0.876. The SMILES string of the molecule is Cc1cc(C(C)NC(=O)N(CC(C)O)C(C)C)cc(C)c1F. The molecule has 0 aromatic heterocycles. The molecule has 0 fully saturated rings. The zero-order valence-electron chi connectivity index (χ0n) is 14.3. The lowest BCUT2D eigenvalue weighted by Gasteiger charge is -2.30. The molecule has 2 N–H and O–H groups in total. The number of hydrogen-bond donors (Lipinski definition) is 2. The molecule has 0 aliphatic rings. The third-order valence-electron chi connectivity index (χ3n) is 3.64. The van der Waals surface area contributed by atoms with Gasteiger partial charge in [0, 0.05) is 12.6 Å². The number of amides is 2. The Morgan fingerprint density at radius 3 is 2.14 bits per heavy atom. The van der Waals surface area contributed by atoms with Gasteiger partial charge in [0.1, 0.15) is 5.82 Å². The number of aliphatic hydroxyl groups excluding tert-OH is 1. The first-order chi connectivity index (χ1) is 10.1. The van der Waals surface area contributed by atoms with E-state index in [1.165, 1.54) is 0 Å². The van der Waals surface area contributed by atoms with Crippen LogP contribution in [-0.4, -0.2) is 34.7 Å². The van der Waals surface area contributed by atoms with Gasteiger partial charge in [0.05, 0.1) is 12.1 Å². The highest BCUT2D eigenvalue weighted by atomic mass is 19.1. The number of benzene rings is 1. The Balaban J connectivity index is 2.86. The summed E-state index contributed by atoms with van der Waals surface area (Å²) in [5, 5.41) is 12.4. The van der Waals surface area contributed by atoms with Gasteiger partial charge in [0.25, 0.3) is 0 Å². The summed E-state index contributed by atoms with van der Waals surface area (Å²) in [5.41, 5.74) is 2.01. The Morgan fingerprint density at radius 2 is 1.73 bits per heavy atom. The van der Waals surface area contributed by atoms with Gasteiger partial charge >= 0.3 is 6.03 Å². The first kappa shape index (κ1) is 18.4. The second-order valence-corrected chi connectivity index (χ2v) is 6.23. The predicted octanol–water partition coefficient (Wildman–Crippen LogP) is 3.30. The van der Waals surface area contributed by atoms with Gasteiger partial charge in [-0.2, -0.15) is 0 Å². The number of halogens is 1. The average Bonchev–Trinajstić information content (AvgIpc) is 2.40. The molecule has 1 aromatic carbocycles. The molecule has 1 aromatic rings. The fourth-order valence-corrected chi connectivity index (χ4v) is 2.39. The van der Waals surface area contributed by atoms with E-state index >= 15 is 0 Å². The summed E-state index contributed by atoms with van der Waals surface area (Å²) in [6.45, 7) is 11.0. The molecule has 4 nitrogen and oxygen atoms in total. The van der Waals surface area contributed by atoms with Crippen molar-refractivity contribution in [2.75, 3.05) is 6.54 Å². The topological polar surface area (TPSA) is 52.6 Å². The van der Waals surface area contributed by atoms with Crippen molar-refractivity contribution in [3.63, 3.8) is 0 Å². The minimum atomic E-state index is -0.584. The highest BCUT2D eigenvalue weighted by molar-refractivity contribution is 5.75. The third kappa shape index (κ3) is 4.70. The molecule has 0 saturated heterocycles. The van der Waals surface area contributed by atoms with Crippen LogP contribution in [0.4, 0.5) is 9.18 Å². The van der Waals surface area contributed by atoms with Crippen LogP contribution in [0.3, 0.4) is 0 Å². The summed E-state index contributed by atoms with van der Waals surface area (Å²) in [5.74, 6) is -0.208. The van der Waals surface area contributed by atoms with Crippen molar-refractivity contribution < 1.29 is 14.3 Å². The Morgan fingerprint density at radius 1 is 1.23 bits per heavy atom. The molecular weight excluding hydrogens is 283 g/mol. The van der Waals surface area contributed by atoms with E-state index in [-0.39, 0.29) is 30.5 Å². The summed E-state index contributed by atoms with van der Waals surface area (Å²) in [4.78, 5) is 14.0. The van der Waals surface area contributed by atoms with Gasteiger partial charge < -0.3 is 15.3 Å². The molecule has 2 amide bonds. The van der Waals surface area contributed by atoms with Crippen molar-refractivity contribution in [3.8, 4) is 0 Å². The zero-order chi connectivity index (χ0) is 17.0. The van der Waals surface area contributed by atoms with Crippen molar-refractivity contribution in [2.24, 2.45) is 0 Å². The molecule has 0 aliphatic carbocycles. The second kappa shape index (κ2) is 7.58. The molecule has 2 unspecified atom stereocenters. The minimum Gasteiger partial charge on any atom is -0.392 e. The monoisotopic (exact) mass is 310 g/mol. The van der Waals surface area contributed by atoms with E-state index in [4.69, 9.17) is 0 Å². The van der Waals surface area contributed by atoms with Crippen LogP contribution in [0.25, 0.3) is 0 Å². The van der Waals surface area contributed by atoms with E-state index in [2.05, 4.69) is 5.32 Å². The lowest BCUT2D eigenvalue weighted by Crippen LogP contribution is -2.47. The van der Waals surface area contributed by atoms with Crippen LogP contribution in [0.5, 0.6) is 0 Å². The predicted molar refractivity (Wildman–Crippen MR) is 86.3 cm³/mol. The van der Waals surface area contributed by atoms with E-state index in [1.54, 1.807) is 37.8 Å². The minimum absolute atomic E-state index is 0.0153. The van der Waals surface area contributed by atoms with Crippen molar-refractivity contribution in [1.82, 2.24) is 10.2 Å². The van der Waals surface area contributed by atoms with Crippen LogP contribution < -0.4 is 5.32 Å². The molecule has 2 atom stereocenters. The molecule has 22 heavy (non-hydrogen) atoms. The molecule has 5 heteroatoms. The summed E-state index contributed by atoms with van der Waals surface area (Å²) in [7, 11) is 0. The van der Waals surface area contributed by atoms with Crippen LogP contribution in [0.1, 0.15) is 50.4 Å². The lowest BCUT2D eigenvalue weighted by atomic mass is 10.0. The van der Waals surface area contributed by atoms with Gasteiger partial charge in [0.15, 0.2) is 0 Å². The smallest absolute Gasteiger partial charge is 0.318 e. The Hall–Kier alpha value is -1.62. The van der Waals surface area contributed by atoms with Gasteiger partial charge in [-0.3, -0.25) is 0 Å². The fourth-order valence-electron chi connectivity index (χ4n) is 2.39. The zero-order valence-corrected chi connectivity index (χ0v) is 14.3. The normalized spacial score (nSPS) is 13.9. The number of rotatable bonds is 5. The van der Waals surface area contributed by atoms with Crippen LogP contribution in [0.2, 0.25) is 0 Å². The standard InChI is InChI=1S/C17H27FN2O2/c1-10(2)20(9-13(5)21)17(22)19-14(6)15-7-11(3)16(18)12(4)8-15/h7-8,10,13-14,21H,9H2,1-6H3,(H,19,22).